The van der Waals surface area contributed by atoms with Gasteiger partial charge in [0.1, 0.15) is 11.3 Å². The van der Waals surface area contributed by atoms with Crippen molar-refractivity contribution in [2.24, 2.45) is 0 Å². The summed E-state index contributed by atoms with van der Waals surface area (Å²) in [6, 6.07) is 0.918. The zero-order valence-electron chi connectivity index (χ0n) is 9.17. The Bertz CT molecular complexity index is 426. The third-order valence-electron chi connectivity index (χ3n) is 1.85. The number of hydrogen-bond donors (Lipinski definition) is 0. The van der Waals surface area contributed by atoms with E-state index < -0.39 is 18.1 Å². The van der Waals surface area contributed by atoms with Gasteiger partial charge in [-0.15, -0.1) is 0 Å². The van der Waals surface area contributed by atoms with Gasteiger partial charge in [-0.3, -0.25) is 0 Å². The molecule has 1 heterocycles. The first-order valence-corrected chi connectivity index (χ1v) is 5.08. The van der Waals surface area contributed by atoms with Gasteiger partial charge in [0.05, 0.1) is 18.7 Å². The average Bonchev–Trinajstić information content (AvgIpc) is 2.27. The fourth-order valence-electron chi connectivity index (χ4n) is 1.16. The number of hydrogen-bond acceptors (Lipinski definition) is 4. The van der Waals surface area contributed by atoms with Gasteiger partial charge in [0.15, 0.2) is 0 Å². The zero-order valence-corrected chi connectivity index (χ0v) is 9.92. The van der Waals surface area contributed by atoms with Crippen molar-refractivity contribution >= 4 is 17.6 Å². The molecule has 0 aliphatic rings. The lowest BCUT2D eigenvalue weighted by Gasteiger charge is -2.10. The highest BCUT2D eigenvalue weighted by Gasteiger charge is 2.23. The number of esters is 1. The first kappa shape index (κ1) is 13.6. The SMILES string of the molecule is CCOC(=O)c1c(Cl)cc(C(F)F)nc1OC. The van der Waals surface area contributed by atoms with Gasteiger partial charge in [-0.25, -0.2) is 18.6 Å². The Hall–Kier alpha value is -1.43. The number of carbonyl (C=O) groups is 1. The highest BCUT2D eigenvalue weighted by Crippen LogP contribution is 2.30. The molecule has 1 aromatic rings. The summed E-state index contributed by atoms with van der Waals surface area (Å²) in [4.78, 5) is 15.0. The topological polar surface area (TPSA) is 48.4 Å². The summed E-state index contributed by atoms with van der Waals surface area (Å²) in [6.45, 7) is 1.74. The maximum atomic E-state index is 12.5. The standard InChI is InChI=1S/C10H10ClF2NO3/c1-3-17-10(15)7-5(11)4-6(8(12)13)14-9(7)16-2/h4,8H,3H2,1-2H3. The van der Waals surface area contributed by atoms with Crippen molar-refractivity contribution in [1.82, 2.24) is 4.98 Å². The van der Waals surface area contributed by atoms with Gasteiger partial charge in [0.25, 0.3) is 6.43 Å². The Labute approximate surface area is 101 Å². The van der Waals surface area contributed by atoms with Crippen LogP contribution in [0.2, 0.25) is 5.02 Å². The number of carbonyl (C=O) groups excluding carboxylic acids is 1. The maximum absolute atomic E-state index is 12.5. The van der Waals surface area contributed by atoms with Crippen LogP contribution < -0.4 is 4.74 Å². The van der Waals surface area contributed by atoms with Crippen LogP contribution in [0.3, 0.4) is 0 Å². The molecular weight excluding hydrogens is 256 g/mol. The number of halogens is 3. The lowest BCUT2D eigenvalue weighted by molar-refractivity contribution is 0.0521. The largest absolute Gasteiger partial charge is 0.480 e. The van der Waals surface area contributed by atoms with E-state index in [4.69, 9.17) is 21.1 Å². The third-order valence-corrected chi connectivity index (χ3v) is 2.15. The molecule has 0 aromatic carbocycles. The minimum Gasteiger partial charge on any atom is -0.480 e. The second-order valence-electron chi connectivity index (χ2n) is 2.93. The van der Waals surface area contributed by atoms with Crippen LogP contribution in [0.15, 0.2) is 6.07 Å². The summed E-state index contributed by atoms with van der Waals surface area (Å²) in [7, 11) is 1.20. The van der Waals surface area contributed by atoms with E-state index in [9.17, 15) is 13.6 Å². The summed E-state index contributed by atoms with van der Waals surface area (Å²) >= 11 is 5.73. The van der Waals surface area contributed by atoms with E-state index in [-0.39, 0.29) is 23.1 Å². The smallest absolute Gasteiger partial charge is 0.345 e. The van der Waals surface area contributed by atoms with Crippen LogP contribution in [-0.2, 0) is 4.74 Å². The molecule has 0 bridgehead atoms. The Morgan fingerprint density at radius 2 is 2.24 bits per heavy atom. The first-order valence-electron chi connectivity index (χ1n) is 4.71. The summed E-state index contributed by atoms with van der Waals surface area (Å²) in [5.41, 5.74) is -0.708. The van der Waals surface area contributed by atoms with E-state index in [0.29, 0.717) is 0 Å². The molecule has 0 aliphatic carbocycles. The molecule has 0 amide bonds. The van der Waals surface area contributed by atoms with Crippen molar-refractivity contribution < 1.29 is 23.0 Å². The molecule has 4 nitrogen and oxygen atoms in total. The number of alkyl halides is 2. The van der Waals surface area contributed by atoms with E-state index in [1.807, 2.05) is 0 Å². The molecule has 1 aromatic heterocycles. The lowest BCUT2D eigenvalue weighted by Crippen LogP contribution is -2.10. The molecular formula is C10H10ClF2NO3. The summed E-state index contributed by atoms with van der Waals surface area (Å²) in [5.74, 6) is -1.03. The molecule has 0 saturated heterocycles. The number of aromatic nitrogens is 1. The molecule has 0 unspecified atom stereocenters. The van der Waals surface area contributed by atoms with Crippen LogP contribution >= 0.6 is 11.6 Å². The third kappa shape index (κ3) is 3.03. The molecule has 0 radical (unpaired) electrons. The molecule has 0 atom stereocenters. The molecule has 0 aliphatic heterocycles. The molecule has 17 heavy (non-hydrogen) atoms. The van der Waals surface area contributed by atoms with Gasteiger partial charge in [0, 0.05) is 0 Å². The highest BCUT2D eigenvalue weighted by molar-refractivity contribution is 6.34. The van der Waals surface area contributed by atoms with Crippen molar-refractivity contribution in [3.63, 3.8) is 0 Å². The van der Waals surface area contributed by atoms with E-state index >= 15 is 0 Å². The Kier molecular flexibility index (Phi) is 4.62. The van der Waals surface area contributed by atoms with Crippen LogP contribution in [0.1, 0.15) is 29.4 Å². The monoisotopic (exact) mass is 265 g/mol. The van der Waals surface area contributed by atoms with Crippen molar-refractivity contribution in [2.45, 2.75) is 13.3 Å². The Morgan fingerprint density at radius 1 is 1.59 bits per heavy atom. The van der Waals surface area contributed by atoms with E-state index in [1.165, 1.54) is 7.11 Å². The van der Waals surface area contributed by atoms with Crippen molar-refractivity contribution in [1.29, 1.82) is 0 Å². The minimum atomic E-state index is -2.79. The van der Waals surface area contributed by atoms with E-state index in [1.54, 1.807) is 6.92 Å². The van der Waals surface area contributed by atoms with Crippen LogP contribution in [0.25, 0.3) is 0 Å². The quantitative estimate of drug-likeness (QED) is 0.786. The zero-order chi connectivity index (χ0) is 13.0. The minimum absolute atomic E-state index is 0.134. The molecule has 1 rings (SSSR count). The predicted molar refractivity (Wildman–Crippen MR) is 56.7 cm³/mol. The van der Waals surface area contributed by atoms with Gasteiger partial charge < -0.3 is 9.47 Å². The van der Waals surface area contributed by atoms with Gasteiger partial charge in [-0.1, -0.05) is 11.6 Å². The summed E-state index contributed by atoms with van der Waals surface area (Å²) in [6.07, 6.45) is -2.79. The molecule has 7 heteroatoms. The van der Waals surface area contributed by atoms with Crippen molar-refractivity contribution in [2.75, 3.05) is 13.7 Å². The number of ether oxygens (including phenoxy) is 2. The number of nitrogens with zero attached hydrogens (tertiary/aromatic N) is 1. The van der Waals surface area contributed by atoms with E-state index in [0.717, 1.165) is 6.07 Å². The van der Waals surface area contributed by atoms with Crippen LogP contribution in [-0.4, -0.2) is 24.7 Å². The summed E-state index contributed by atoms with van der Waals surface area (Å²) < 4.78 is 34.4. The second-order valence-corrected chi connectivity index (χ2v) is 3.34. The van der Waals surface area contributed by atoms with Crippen LogP contribution in [0.5, 0.6) is 5.88 Å². The fourth-order valence-corrected chi connectivity index (χ4v) is 1.43. The van der Waals surface area contributed by atoms with Crippen molar-refractivity contribution in [3.8, 4) is 5.88 Å². The Balaban J connectivity index is 3.25. The predicted octanol–water partition coefficient (Wildman–Crippen LogP) is 2.86. The highest BCUT2D eigenvalue weighted by atomic mass is 35.5. The lowest BCUT2D eigenvalue weighted by atomic mass is 10.2. The number of rotatable bonds is 4. The van der Waals surface area contributed by atoms with Gasteiger partial charge in [-0.05, 0) is 13.0 Å². The molecule has 94 valence electrons. The van der Waals surface area contributed by atoms with E-state index in [2.05, 4.69) is 4.98 Å². The normalized spacial score (nSPS) is 10.5. The molecule has 0 spiro atoms. The molecule has 0 N–H and O–H groups in total. The van der Waals surface area contributed by atoms with Crippen LogP contribution in [0, 0.1) is 0 Å². The summed E-state index contributed by atoms with van der Waals surface area (Å²) in [5, 5.41) is -0.175. The van der Waals surface area contributed by atoms with Crippen LogP contribution in [0.4, 0.5) is 8.78 Å². The fraction of sp³-hybridized carbons (Fsp3) is 0.400. The van der Waals surface area contributed by atoms with Gasteiger partial charge in [0.2, 0.25) is 5.88 Å². The first-order chi connectivity index (χ1) is 8.01. The number of pyridine rings is 1. The van der Waals surface area contributed by atoms with Gasteiger partial charge >= 0.3 is 5.97 Å². The van der Waals surface area contributed by atoms with Crippen molar-refractivity contribution in [3.05, 3.63) is 22.3 Å². The molecule has 0 fully saturated rings. The van der Waals surface area contributed by atoms with Gasteiger partial charge in [-0.2, -0.15) is 0 Å². The number of methoxy groups -OCH3 is 1. The second kappa shape index (κ2) is 5.77. The molecule has 0 saturated carbocycles. The maximum Gasteiger partial charge on any atom is 0.345 e. The Morgan fingerprint density at radius 3 is 2.71 bits per heavy atom. The average molecular weight is 266 g/mol.